The first kappa shape index (κ1) is 15.1. The molecule has 6 heteroatoms. The Balaban J connectivity index is 1.86. The van der Waals surface area contributed by atoms with Gasteiger partial charge in [-0.05, 0) is 36.0 Å². The minimum atomic E-state index is -0.337. The van der Waals surface area contributed by atoms with Crippen molar-refractivity contribution < 1.29 is 4.39 Å². The van der Waals surface area contributed by atoms with Crippen molar-refractivity contribution >= 4 is 24.5 Å². The lowest BCUT2D eigenvalue weighted by atomic mass is 10.2. The van der Waals surface area contributed by atoms with Gasteiger partial charge in [0, 0.05) is 11.8 Å². The quantitative estimate of drug-likeness (QED) is 0.575. The average molecular weight is 324 g/mol. The highest BCUT2D eigenvalue weighted by molar-refractivity contribution is 7.71. The van der Waals surface area contributed by atoms with Crippen molar-refractivity contribution in [3.05, 3.63) is 76.8 Å². The smallest absolute Gasteiger partial charge is 0.216 e. The molecule has 0 bridgehead atoms. The van der Waals surface area contributed by atoms with Gasteiger partial charge in [-0.15, -0.1) is 0 Å². The van der Waals surface area contributed by atoms with E-state index in [0.29, 0.717) is 16.2 Å². The van der Waals surface area contributed by atoms with E-state index in [2.05, 4.69) is 15.3 Å². The van der Waals surface area contributed by atoms with E-state index in [4.69, 9.17) is 12.2 Å². The number of aromatic amines is 1. The number of allylic oxidation sites excluding steroid dienone is 1. The molecule has 0 aliphatic carbocycles. The van der Waals surface area contributed by atoms with Crippen molar-refractivity contribution in [3.63, 3.8) is 0 Å². The molecule has 4 nitrogen and oxygen atoms in total. The van der Waals surface area contributed by atoms with Crippen molar-refractivity contribution in [2.75, 3.05) is 0 Å². The minimum absolute atomic E-state index is 0.337. The van der Waals surface area contributed by atoms with E-state index >= 15 is 0 Å². The fraction of sp³-hybridized carbons (Fsp3) is 0. The zero-order valence-corrected chi connectivity index (χ0v) is 12.9. The molecule has 0 unspecified atom stereocenters. The van der Waals surface area contributed by atoms with Crippen LogP contribution < -0.4 is 0 Å². The van der Waals surface area contributed by atoms with Gasteiger partial charge in [0.1, 0.15) is 5.82 Å². The zero-order valence-electron chi connectivity index (χ0n) is 12.1. The van der Waals surface area contributed by atoms with E-state index < -0.39 is 0 Å². The van der Waals surface area contributed by atoms with Crippen LogP contribution in [0.1, 0.15) is 5.56 Å². The summed E-state index contributed by atoms with van der Waals surface area (Å²) >= 11 is 5.16. The Morgan fingerprint density at radius 3 is 2.74 bits per heavy atom. The summed E-state index contributed by atoms with van der Waals surface area (Å²) in [4.78, 5) is 0. The van der Waals surface area contributed by atoms with Crippen molar-refractivity contribution in [3.8, 4) is 11.4 Å². The number of nitrogens with zero attached hydrogens (tertiary/aromatic N) is 3. The summed E-state index contributed by atoms with van der Waals surface area (Å²) in [5.74, 6) is 0.120. The van der Waals surface area contributed by atoms with Crippen molar-refractivity contribution in [2.45, 2.75) is 0 Å². The third kappa shape index (κ3) is 3.67. The molecule has 2 aromatic carbocycles. The van der Waals surface area contributed by atoms with Crippen LogP contribution in [-0.2, 0) is 0 Å². The topological polar surface area (TPSA) is 46.0 Å². The molecule has 3 aromatic rings. The number of hydrogen-bond acceptors (Lipinski definition) is 3. The van der Waals surface area contributed by atoms with Gasteiger partial charge >= 0.3 is 0 Å². The first-order valence-corrected chi connectivity index (χ1v) is 7.34. The van der Waals surface area contributed by atoms with Gasteiger partial charge in [-0.25, -0.2) is 9.49 Å². The highest BCUT2D eigenvalue weighted by atomic mass is 32.1. The van der Waals surface area contributed by atoms with E-state index in [0.717, 1.165) is 5.56 Å². The van der Waals surface area contributed by atoms with Crippen LogP contribution in [0.2, 0.25) is 0 Å². The van der Waals surface area contributed by atoms with Crippen molar-refractivity contribution in [1.29, 1.82) is 0 Å². The van der Waals surface area contributed by atoms with Crippen LogP contribution in [-0.4, -0.2) is 21.1 Å². The standard InChI is InChI=1S/C17H13FN4S/c18-15-10-4-9-14(12-15)16-20-21-17(23)22(16)19-11-5-8-13-6-2-1-3-7-13/h1-12H,(H,21,23)/b8-5+,19-11-. The molecule has 0 amide bonds. The second kappa shape index (κ2) is 6.93. The predicted molar refractivity (Wildman–Crippen MR) is 92.2 cm³/mol. The van der Waals surface area contributed by atoms with Gasteiger partial charge in [0.25, 0.3) is 0 Å². The Bertz CT molecular complexity index is 910. The zero-order chi connectivity index (χ0) is 16.1. The molecule has 0 aliphatic rings. The molecule has 3 rings (SSSR count). The van der Waals surface area contributed by atoms with Gasteiger partial charge < -0.3 is 0 Å². The number of halogens is 1. The van der Waals surface area contributed by atoms with Crippen LogP contribution in [0.3, 0.4) is 0 Å². The van der Waals surface area contributed by atoms with Crippen molar-refractivity contribution in [2.24, 2.45) is 5.10 Å². The normalized spacial score (nSPS) is 11.5. The molecule has 0 saturated heterocycles. The van der Waals surface area contributed by atoms with Gasteiger partial charge in [-0.1, -0.05) is 48.5 Å². The highest BCUT2D eigenvalue weighted by Crippen LogP contribution is 2.17. The number of rotatable bonds is 4. The van der Waals surface area contributed by atoms with Crippen LogP contribution in [0.4, 0.5) is 4.39 Å². The molecule has 0 spiro atoms. The molecule has 0 radical (unpaired) electrons. The molecule has 1 N–H and O–H groups in total. The van der Waals surface area contributed by atoms with Crippen LogP contribution in [0.5, 0.6) is 0 Å². The van der Waals surface area contributed by atoms with Gasteiger partial charge in [0.2, 0.25) is 4.77 Å². The fourth-order valence-electron chi connectivity index (χ4n) is 2.04. The largest absolute Gasteiger partial charge is 0.250 e. The number of aromatic nitrogens is 3. The van der Waals surface area contributed by atoms with Crippen LogP contribution in [0.15, 0.2) is 65.8 Å². The van der Waals surface area contributed by atoms with Gasteiger partial charge in [0.15, 0.2) is 5.82 Å². The molecular weight excluding hydrogens is 311 g/mol. The third-order valence-electron chi connectivity index (χ3n) is 3.09. The second-order valence-electron chi connectivity index (χ2n) is 4.71. The van der Waals surface area contributed by atoms with E-state index in [1.165, 1.54) is 16.8 Å². The fourth-order valence-corrected chi connectivity index (χ4v) is 2.22. The molecule has 0 atom stereocenters. The molecule has 23 heavy (non-hydrogen) atoms. The minimum Gasteiger partial charge on any atom is -0.250 e. The Labute approximate surface area is 137 Å². The summed E-state index contributed by atoms with van der Waals surface area (Å²) in [6.45, 7) is 0. The molecular formula is C17H13FN4S. The number of benzene rings is 2. The Morgan fingerprint density at radius 2 is 1.96 bits per heavy atom. The predicted octanol–water partition coefficient (Wildman–Crippen LogP) is 4.29. The van der Waals surface area contributed by atoms with Crippen molar-refractivity contribution in [1.82, 2.24) is 14.9 Å². The van der Waals surface area contributed by atoms with Gasteiger partial charge in [0.05, 0.1) is 0 Å². The molecule has 114 valence electrons. The van der Waals surface area contributed by atoms with E-state index in [-0.39, 0.29) is 5.82 Å². The van der Waals surface area contributed by atoms with Gasteiger partial charge in [-0.3, -0.25) is 0 Å². The van der Waals surface area contributed by atoms with Gasteiger partial charge in [-0.2, -0.15) is 14.9 Å². The molecule has 0 saturated carbocycles. The summed E-state index contributed by atoms with van der Waals surface area (Å²) in [5.41, 5.74) is 1.67. The molecule has 0 aliphatic heterocycles. The summed E-state index contributed by atoms with van der Waals surface area (Å²) in [6.07, 6.45) is 5.34. The third-order valence-corrected chi connectivity index (χ3v) is 3.35. The number of hydrogen-bond donors (Lipinski definition) is 1. The Morgan fingerprint density at radius 1 is 1.13 bits per heavy atom. The van der Waals surface area contributed by atoms with E-state index in [1.54, 1.807) is 24.4 Å². The maximum atomic E-state index is 13.4. The van der Waals surface area contributed by atoms with Crippen LogP contribution in [0, 0.1) is 10.6 Å². The van der Waals surface area contributed by atoms with Crippen LogP contribution in [0.25, 0.3) is 17.5 Å². The summed E-state index contributed by atoms with van der Waals surface area (Å²) in [6, 6.07) is 16.0. The lowest BCUT2D eigenvalue weighted by Gasteiger charge is -2.00. The molecule has 1 aromatic heterocycles. The molecule has 0 fully saturated rings. The first-order chi connectivity index (χ1) is 11.2. The van der Waals surface area contributed by atoms with E-state index in [9.17, 15) is 4.39 Å². The first-order valence-electron chi connectivity index (χ1n) is 6.93. The average Bonchev–Trinajstić information content (AvgIpc) is 2.93. The van der Waals surface area contributed by atoms with Crippen LogP contribution >= 0.6 is 12.2 Å². The number of nitrogens with one attached hydrogen (secondary N) is 1. The number of H-pyrrole nitrogens is 1. The lowest BCUT2D eigenvalue weighted by molar-refractivity contribution is 0.628. The van der Waals surface area contributed by atoms with E-state index in [1.807, 2.05) is 36.4 Å². The monoisotopic (exact) mass is 324 g/mol. The highest BCUT2D eigenvalue weighted by Gasteiger charge is 2.08. The Kier molecular flexibility index (Phi) is 4.54. The maximum absolute atomic E-state index is 13.4. The SMILES string of the molecule is Fc1cccc(-c2n[nH]c(=S)n2/N=C\C=C\c2ccccc2)c1. The lowest BCUT2D eigenvalue weighted by Crippen LogP contribution is -1.94. The summed E-state index contributed by atoms with van der Waals surface area (Å²) in [7, 11) is 0. The maximum Gasteiger partial charge on any atom is 0.216 e. The second-order valence-corrected chi connectivity index (χ2v) is 5.10. The summed E-state index contributed by atoms with van der Waals surface area (Å²) < 4.78 is 15.2. The molecule has 1 heterocycles. The summed E-state index contributed by atoms with van der Waals surface area (Å²) in [5, 5.41) is 11.0. The Hall–Kier alpha value is -2.86.